The van der Waals surface area contributed by atoms with E-state index in [4.69, 9.17) is 16.3 Å². The van der Waals surface area contributed by atoms with E-state index in [1.165, 1.54) is 7.11 Å². The Balaban J connectivity index is 1.99. The van der Waals surface area contributed by atoms with E-state index in [-0.39, 0.29) is 10.8 Å². The van der Waals surface area contributed by atoms with Gasteiger partial charge in [0.15, 0.2) is 11.5 Å². The first-order valence-electron chi connectivity index (χ1n) is 7.70. The molecule has 25 heavy (non-hydrogen) atoms. The molecule has 1 N–H and O–H groups in total. The average molecular weight is 353 g/mol. The number of methoxy groups -OCH3 is 1. The molecule has 0 aromatic heterocycles. The minimum absolute atomic E-state index is 0.0794. The highest BCUT2D eigenvalue weighted by atomic mass is 35.5. The standard InChI is InChI=1S/C20H17ClN2O2/c1-25-19-13-15(12-18(21)20(19)24)14-22-23(16-8-4-2-5-9-16)17-10-6-3-7-11-17/h2-14,24H,1H3/b22-14+. The molecule has 0 spiro atoms. The van der Waals surface area contributed by atoms with Crippen molar-refractivity contribution in [2.45, 2.75) is 0 Å². The van der Waals surface area contributed by atoms with Crippen LogP contribution >= 0.6 is 11.6 Å². The molecule has 4 nitrogen and oxygen atoms in total. The van der Waals surface area contributed by atoms with Gasteiger partial charge in [-0.1, -0.05) is 48.0 Å². The van der Waals surface area contributed by atoms with Gasteiger partial charge in [0, 0.05) is 0 Å². The van der Waals surface area contributed by atoms with Gasteiger partial charge in [0.25, 0.3) is 0 Å². The van der Waals surface area contributed by atoms with Crippen molar-refractivity contribution in [1.29, 1.82) is 0 Å². The van der Waals surface area contributed by atoms with E-state index in [1.54, 1.807) is 18.3 Å². The smallest absolute Gasteiger partial charge is 0.176 e. The summed E-state index contributed by atoms with van der Waals surface area (Å²) in [4.78, 5) is 0. The molecule has 0 bridgehead atoms. The van der Waals surface area contributed by atoms with E-state index in [0.29, 0.717) is 5.75 Å². The summed E-state index contributed by atoms with van der Waals surface area (Å²) in [5.74, 6) is 0.226. The second-order valence-corrected chi connectivity index (χ2v) is 5.69. The molecular formula is C20H17ClN2O2. The van der Waals surface area contributed by atoms with Gasteiger partial charge < -0.3 is 9.84 Å². The first kappa shape index (κ1) is 16.9. The molecule has 0 unspecified atom stereocenters. The number of benzene rings is 3. The van der Waals surface area contributed by atoms with E-state index in [2.05, 4.69) is 5.10 Å². The molecule has 0 aliphatic carbocycles. The number of hydrazone groups is 1. The first-order valence-corrected chi connectivity index (χ1v) is 8.07. The molecule has 5 heteroatoms. The number of hydrogen-bond donors (Lipinski definition) is 1. The monoisotopic (exact) mass is 352 g/mol. The average Bonchev–Trinajstić information content (AvgIpc) is 2.66. The highest BCUT2D eigenvalue weighted by molar-refractivity contribution is 6.32. The molecule has 126 valence electrons. The topological polar surface area (TPSA) is 45.1 Å². The second kappa shape index (κ2) is 7.73. The van der Waals surface area contributed by atoms with Gasteiger partial charge >= 0.3 is 0 Å². The third-order valence-corrected chi connectivity index (χ3v) is 3.88. The molecule has 0 saturated carbocycles. The fourth-order valence-corrected chi connectivity index (χ4v) is 2.59. The number of para-hydroxylation sites is 2. The van der Waals surface area contributed by atoms with Crippen LogP contribution in [-0.2, 0) is 0 Å². The van der Waals surface area contributed by atoms with Crippen molar-refractivity contribution < 1.29 is 9.84 Å². The molecular weight excluding hydrogens is 336 g/mol. The Morgan fingerprint density at radius 3 is 2.04 bits per heavy atom. The van der Waals surface area contributed by atoms with Crippen LogP contribution in [0.1, 0.15) is 5.56 Å². The van der Waals surface area contributed by atoms with Crippen LogP contribution in [0.5, 0.6) is 11.5 Å². The van der Waals surface area contributed by atoms with Crippen molar-refractivity contribution >= 4 is 29.2 Å². The molecule has 0 heterocycles. The molecule has 0 atom stereocenters. The number of halogens is 1. The Labute approximate surface area is 151 Å². The lowest BCUT2D eigenvalue weighted by Crippen LogP contribution is -2.09. The van der Waals surface area contributed by atoms with Crippen molar-refractivity contribution in [3.05, 3.63) is 83.4 Å². The molecule has 0 fully saturated rings. The number of phenols is 1. The predicted octanol–water partition coefficient (Wildman–Crippen LogP) is 5.23. The van der Waals surface area contributed by atoms with Gasteiger partial charge in [0.05, 0.1) is 29.7 Å². The third kappa shape index (κ3) is 3.92. The van der Waals surface area contributed by atoms with Crippen molar-refractivity contribution in [1.82, 2.24) is 0 Å². The number of hydrogen-bond acceptors (Lipinski definition) is 4. The van der Waals surface area contributed by atoms with E-state index in [1.807, 2.05) is 65.7 Å². The summed E-state index contributed by atoms with van der Waals surface area (Å²) in [6, 6.07) is 23.0. The van der Waals surface area contributed by atoms with Crippen LogP contribution in [0.3, 0.4) is 0 Å². The summed E-state index contributed by atoms with van der Waals surface area (Å²) in [6.45, 7) is 0. The quantitative estimate of drug-likeness (QED) is 0.505. The van der Waals surface area contributed by atoms with Gasteiger partial charge in [-0.2, -0.15) is 5.10 Å². The van der Waals surface area contributed by atoms with E-state index in [9.17, 15) is 5.11 Å². The van der Waals surface area contributed by atoms with Crippen LogP contribution in [-0.4, -0.2) is 18.4 Å². The fraction of sp³-hybridized carbons (Fsp3) is 0.0500. The lowest BCUT2D eigenvalue weighted by molar-refractivity contribution is 0.373. The summed E-state index contributed by atoms with van der Waals surface area (Å²) >= 11 is 6.04. The van der Waals surface area contributed by atoms with Crippen LogP contribution in [0, 0.1) is 0 Å². The zero-order chi connectivity index (χ0) is 17.6. The van der Waals surface area contributed by atoms with Gasteiger partial charge in [-0.05, 0) is 42.0 Å². The summed E-state index contributed by atoms with van der Waals surface area (Å²) < 4.78 is 5.13. The normalized spacial score (nSPS) is 10.8. The number of anilines is 2. The maximum atomic E-state index is 9.84. The highest BCUT2D eigenvalue weighted by Crippen LogP contribution is 2.34. The Kier molecular flexibility index (Phi) is 5.21. The SMILES string of the molecule is COc1cc(/C=N/N(c2ccccc2)c2ccccc2)cc(Cl)c1O. The zero-order valence-electron chi connectivity index (χ0n) is 13.6. The lowest BCUT2D eigenvalue weighted by atomic mass is 10.2. The number of phenolic OH excluding ortho intramolecular Hbond substituents is 1. The lowest BCUT2D eigenvalue weighted by Gasteiger charge is -2.19. The Bertz CT molecular complexity index is 828. The fourth-order valence-electron chi connectivity index (χ4n) is 2.37. The third-order valence-electron chi connectivity index (χ3n) is 3.59. The van der Waals surface area contributed by atoms with Crippen LogP contribution in [0.4, 0.5) is 11.4 Å². The largest absolute Gasteiger partial charge is 0.503 e. The molecule has 3 rings (SSSR count). The van der Waals surface area contributed by atoms with Gasteiger partial charge in [-0.3, -0.25) is 0 Å². The van der Waals surface area contributed by atoms with Gasteiger partial charge in [-0.25, -0.2) is 5.01 Å². The molecule has 0 aliphatic heterocycles. The van der Waals surface area contributed by atoms with Crippen LogP contribution in [0.15, 0.2) is 77.9 Å². The summed E-state index contributed by atoms with van der Waals surface area (Å²) in [7, 11) is 1.48. The molecule has 0 amide bonds. The Morgan fingerprint density at radius 2 is 1.52 bits per heavy atom. The van der Waals surface area contributed by atoms with Crippen LogP contribution < -0.4 is 9.75 Å². The Hall–Kier alpha value is -2.98. The maximum Gasteiger partial charge on any atom is 0.176 e. The second-order valence-electron chi connectivity index (χ2n) is 5.28. The number of aromatic hydroxyl groups is 1. The number of nitrogens with zero attached hydrogens (tertiary/aromatic N) is 2. The molecule has 3 aromatic carbocycles. The summed E-state index contributed by atoms with van der Waals surface area (Å²) in [6.07, 6.45) is 1.67. The van der Waals surface area contributed by atoms with E-state index >= 15 is 0 Å². The highest BCUT2D eigenvalue weighted by Gasteiger charge is 2.10. The summed E-state index contributed by atoms with van der Waals surface area (Å²) in [5.41, 5.74) is 2.58. The Morgan fingerprint density at radius 1 is 0.960 bits per heavy atom. The molecule has 0 saturated heterocycles. The number of ether oxygens (including phenoxy) is 1. The molecule has 0 radical (unpaired) electrons. The van der Waals surface area contributed by atoms with E-state index in [0.717, 1.165) is 16.9 Å². The minimum Gasteiger partial charge on any atom is -0.503 e. The first-order chi connectivity index (χ1) is 12.2. The van der Waals surface area contributed by atoms with Crippen LogP contribution in [0.2, 0.25) is 5.02 Å². The van der Waals surface area contributed by atoms with Crippen molar-refractivity contribution in [3.63, 3.8) is 0 Å². The number of rotatable bonds is 5. The van der Waals surface area contributed by atoms with Crippen molar-refractivity contribution in [2.75, 3.05) is 12.1 Å². The zero-order valence-corrected chi connectivity index (χ0v) is 14.4. The predicted molar refractivity (Wildman–Crippen MR) is 102 cm³/mol. The van der Waals surface area contributed by atoms with Crippen LogP contribution in [0.25, 0.3) is 0 Å². The van der Waals surface area contributed by atoms with Gasteiger partial charge in [-0.15, -0.1) is 0 Å². The van der Waals surface area contributed by atoms with E-state index < -0.39 is 0 Å². The minimum atomic E-state index is -0.0794. The van der Waals surface area contributed by atoms with Gasteiger partial charge in [0.2, 0.25) is 0 Å². The molecule has 3 aromatic rings. The summed E-state index contributed by atoms with van der Waals surface area (Å²) in [5, 5.41) is 16.5. The van der Waals surface area contributed by atoms with Crippen molar-refractivity contribution in [3.8, 4) is 11.5 Å². The molecule has 0 aliphatic rings. The maximum absolute atomic E-state index is 9.84. The van der Waals surface area contributed by atoms with Crippen molar-refractivity contribution in [2.24, 2.45) is 5.10 Å². The van der Waals surface area contributed by atoms with Gasteiger partial charge in [0.1, 0.15) is 0 Å².